The average molecular weight is 242 g/mol. The Morgan fingerprint density at radius 2 is 2.18 bits per heavy atom. The molecule has 2 atom stereocenters. The van der Waals surface area contributed by atoms with E-state index in [1.54, 1.807) is 6.92 Å². The summed E-state index contributed by atoms with van der Waals surface area (Å²) in [6.45, 7) is 5.98. The Balaban J connectivity index is 2.29. The summed E-state index contributed by atoms with van der Waals surface area (Å²) in [6, 6.07) is 0. The van der Waals surface area contributed by atoms with Crippen LogP contribution in [0.15, 0.2) is 12.2 Å². The predicted molar refractivity (Wildman–Crippen MR) is 55.5 cm³/mol. The Morgan fingerprint density at radius 1 is 1.53 bits per heavy atom. The topological polar surface area (TPSA) is 78.9 Å². The van der Waals surface area contributed by atoms with Crippen LogP contribution in [0.5, 0.6) is 0 Å². The monoisotopic (exact) mass is 242 g/mol. The van der Waals surface area contributed by atoms with Gasteiger partial charge in [0.25, 0.3) is 0 Å². The molecule has 2 unspecified atom stereocenters. The first kappa shape index (κ1) is 13.2. The zero-order chi connectivity index (χ0) is 13.0. The van der Waals surface area contributed by atoms with Crippen LogP contribution in [0.4, 0.5) is 0 Å². The van der Waals surface area contributed by atoms with Crippen LogP contribution < -0.4 is 0 Å². The molecule has 6 nitrogen and oxygen atoms in total. The zero-order valence-electron chi connectivity index (χ0n) is 9.73. The van der Waals surface area contributed by atoms with Crippen molar-refractivity contribution in [2.24, 2.45) is 5.92 Å². The maximum atomic E-state index is 11.2. The van der Waals surface area contributed by atoms with E-state index < -0.39 is 30.8 Å². The molecule has 1 heterocycles. The minimum Gasteiger partial charge on any atom is -0.450 e. The minimum atomic E-state index is -0.881. The van der Waals surface area contributed by atoms with E-state index in [0.29, 0.717) is 6.42 Å². The first-order valence-electron chi connectivity index (χ1n) is 5.12. The van der Waals surface area contributed by atoms with Crippen LogP contribution in [0, 0.1) is 5.92 Å². The molecular weight excluding hydrogens is 228 g/mol. The highest BCUT2D eigenvalue weighted by atomic mass is 16.7. The van der Waals surface area contributed by atoms with Crippen LogP contribution in [-0.4, -0.2) is 30.8 Å². The summed E-state index contributed by atoms with van der Waals surface area (Å²) in [6.07, 6.45) is -0.563. The van der Waals surface area contributed by atoms with Gasteiger partial charge in [-0.25, -0.2) is 9.59 Å². The summed E-state index contributed by atoms with van der Waals surface area (Å²) in [5.41, 5.74) is 0.193. The van der Waals surface area contributed by atoms with E-state index in [4.69, 9.17) is 9.47 Å². The standard InChI is InChI=1S/C11H14O6/c1-6(2)10(13)15-5-8(12)16-9-4-7(3)11(14)17-9/h7,9H,1,4-5H2,2-3H3. The Labute approximate surface area is 98.5 Å². The lowest BCUT2D eigenvalue weighted by atomic mass is 10.1. The Kier molecular flexibility index (Phi) is 4.25. The molecule has 0 radical (unpaired) electrons. The van der Waals surface area contributed by atoms with Crippen molar-refractivity contribution < 1.29 is 28.6 Å². The van der Waals surface area contributed by atoms with Crippen molar-refractivity contribution in [3.8, 4) is 0 Å². The van der Waals surface area contributed by atoms with E-state index in [9.17, 15) is 14.4 Å². The number of cyclic esters (lactones) is 1. The summed E-state index contributed by atoms with van der Waals surface area (Å²) in [7, 11) is 0. The number of carbonyl (C=O) groups excluding carboxylic acids is 3. The molecule has 6 heteroatoms. The molecular formula is C11H14O6. The average Bonchev–Trinajstić information content (AvgIpc) is 2.54. The number of hydrogen-bond acceptors (Lipinski definition) is 6. The second kappa shape index (κ2) is 5.47. The Morgan fingerprint density at radius 3 is 2.65 bits per heavy atom. The van der Waals surface area contributed by atoms with E-state index in [-0.39, 0.29) is 11.5 Å². The minimum absolute atomic E-state index is 0.193. The van der Waals surface area contributed by atoms with Crippen molar-refractivity contribution in [3.05, 3.63) is 12.2 Å². The molecule has 0 saturated carbocycles. The molecule has 0 aliphatic carbocycles. The van der Waals surface area contributed by atoms with Crippen molar-refractivity contribution in [3.63, 3.8) is 0 Å². The third kappa shape index (κ3) is 3.90. The molecule has 0 N–H and O–H groups in total. The van der Waals surface area contributed by atoms with Crippen molar-refractivity contribution in [1.82, 2.24) is 0 Å². The molecule has 1 aliphatic heterocycles. The van der Waals surface area contributed by atoms with Gasteiger partial charge >= 0.3 is 17.9 Å². The fourth-order valence-electron chi connectivity index (χ4n) is 1.18. The van der Waals surface area contributed by atoms with E-state index in [2.05, 4.69) is 11.3 Å². The fourth-order valence-corrected chi connectivity index (χ4v) is 1.18. The van der Waals surface area contributed by atoms with Crippen LogP contribution in [0.1, 0.15) is 20.3 Å². The van der Waals surface area contributed by atoms with Crippen molar-refractivity contribution in [2.45, 2.75) is 26.6 Å². The highest BCUT2D eigenvalue weighted by Crippen LogP contribution is 2.21. The molecule has 1 fully saturated rings. The summed E-state index contributed by atoms with van der Waals surface area (Å²) in [4.78, 5) is 33.2. The van der Waals surface area contributed by atoms with Crippen LogP contribution in [0.3, 0.4) is 0 Å². The van der Waals surface area contributed by atoms with Crippen LogP contribution in [0.25, 0.3) is 0 Å². The summed E-state index contributed by atoms with van der Waals surface area (Å²) in [5, 5.41) is 0. The van der Waals surface area contributed by atoms with Crippen molar-refractivity contribution in [1.29, 1.82) is 0 Å². The second-order valence-electron chi connectivity index (χ2n) is 3.85. The predicted octanol–water partition coefficient (Wildman–Crippen LogP) is 0.558. The largest absolute Gasteiger partial charge is 0.450 e. The second-order valence-corrected chi connectivity index (χ2v) is 3.85. The molecule has 0 spiro atoms. The smallest absolute Gasteiger partial charge is 0.347 e. The molecule has 0 aromatic heterocycles. The summed E-state index contributed by atoms with van der Waals surface area (Å²) < 4.78 is 14.1. The molecule has 94 valence electrons. The molecule has 17 heavy (non-hydrogen) atoms. The van der Waals surface area contributed by atoms with Crippen molar-refractivity contribution in [2.75, 3.05) is 6.61 Å². The van der Waals surface area contributed by atoms with Gasteiger partial charge in [0.1, 0.15) is 0 Å². The number of hydrogen-bond donors (Lipinski definition) is 0. The van der Waals surface area contributed by atoms with Gasteiger partial charge in [0.05, 0.1) is 5.92 Å². The van der Waals surface area contributed by atoms with Gasteiger partial charge in [-0.3, -0.25) is 4.79 Å². The van der Waals surface area contributed by atoms with Gasteiger partial charge < -0.3 is 14.2 Å². The van der Waals surface area contributed by atoms with Gasteiger partial charge in [0, 0.05) is 12.0 Å². The molecule has 0 bridgehead atoms. The van der Waals surface area contributed by atoms with E-state index in [0.717, 1.165) is 0 Å². The lowest BCUT2D eigenvalue weighted by Gasteiger charge is -2.10. The highest BCUT2D eigenvalue weighted by Gasteiger charge is 2.33. The lowest BCUT2D eigenvalue weighted by Crippen LogP contribution is -2.22. The maximum Gasteiger partial charge on any atom is 0.347 e. The van der Waals surface area contributed by atoms with Gasteiger partial charge in [0.15, 0.2) is 6.61 Å². The van der Waals surface area contributed by atoms with Crippen molar-refractivity contribution >= 4 is 17.9 Å². The number of ether oxygens (including phenoxy) is 3. The third-order valence-electron chi connectivity index (χ3n) is 2.13. The Bertz CT molecular complexity index is 359. The van der Waals surface area contributed by atoms with Gasteiger partial charge in [0.2, 0.25) is 6.29 Å². The van der Waals surface area contributed by atoms with E-state index in [1.165, 1.54) is 6.92 Å². The van der Waals surface area contributed by atoms with Gasteiger partial charge in [-0.05, 0) is 6.92 Å². The van der Waals surface area contributed by atoms with E-state index in [1.807, 2.05) is 0 Å². The molecule has 0 aromatic carbocycles. The normalized spacial score (nSPS) is 22.8. The fraction of sp³-hybridized carbons (Fsp3) is 0.545. The van der Waals surface area contributed by atoms with Gasteiger partial charge in [-0.2, -0.15) is 0 Å². The van der Waals surface area contributed by atoms with E-state index >= 15 is 0 Å². The SMILES string of the molecule is C=C(C)C(=O)OCC(=O)OC1CC(C)C(=O)O1. The summed E-state index contributed by atoms with van der Waals surface area (Å²) in [5.74, 6) is -2.11. The molecule has 1 aliphatic rings. The quantitative estimate of drug-likeness (QED) is 0.529. The van der Waals surface area contributed by atoms with Crippen LogP contribution in [-0.2, 0) is 28.6 Å². The molecule has 1 saturated heterocycles. The third-order valence-corrected chi connectivity index (χ3v) is 2.13. The Hall–Kier alpha value is -1.85. The number of carbonyl (C=O) groups is 3. The van der Waals surface area contributed by atoms with Crippen LogP contribution in [0.2, 0.25) is 0 Å². The summed E-state index contributed by atoms with van der Waals surface area (Å²) >= 11 is 0. The number of esters is 3. The van der Waals surface area contributed by atoms with Crippen LogP contribution >= 0.6 is 0 Å². The lowest BCUT2D eigenvalue weighted by molar-refractivity contribution is -0.182. The highest BCUT2D eigenvalue weighted by molar-refractivity contribution is 5.88. The first-order chi connectivity index (χ1) is 7.90. The van der Waals surface area contributed by atoms with Gasteiger partial charge in [-0.1, -0.05) is 13.5 Å². The first-order valence-corrected chi connectivity index (χ1v) is 5.12. The number of rotatable bonds is 4. The zero-order valence-corrected chi connectivity index (χ0v) is 9.73. The molecule has 1 rings (SSSR count). The molecule has 0 amide bonds. The van der Waals surface area contributed by atoms with Gasteiger partial charge in [-0.15, -0.1) is 0 Å². The molecule has 0 aromatic rings. The maximum absolute atomic E-state index is 11.2.